The lowest BCUT2D eigenvalue weighted by molar-refractivity contribution is -0.116. The number of nitrogens with zero attached hydrogens (tertiary/aromatic N) is 2. The first-order chi connectivity index (χ1) is 11.0. The van der Waals surface area contributed by atoms with Gasteiger partial charge in [0.1, 0.15) is 11.1 Å². The van der Waals surface area contributed by atoms with Crippen LogP contribution in [0.4, 0.5) is 5.00 Å². The van der Waals surface area contributed by atoms with Crippen LogP contribution in [-0.2, 0) is 11.3 Å². The molecule has 0 atom stereocenters. The third kappa shape index (κ3) is 5.22. The Kier molecular flexibility index (Phi) is 6.43. The first-order valence-electron chi connectivity index (χ1n) is 6.89. The average Bonchev–Trinajstić information content (AvgIpc) is 2.96. The normalized spacial score (nSPS) is 10.6. The van der Waals surface area contributed by atoms with Crippen LogP contribution >= 0.6 is 34.5 Å². The number of nitrogens with one attached hydrogen (secondary N) is 1. The second kappa shape index (κ2) is 8.32. The summed E-state index contributed by atoms with van der Waals surface area (Å²) < 4.78 is 0. The molecule has 0 saturated heterocycles. The lowest BCUT2D eigenvalue weighted by Crippen LogP contribution is -2.24. The van der Waals surface area contributed by atoms with E-state index < -0.39 is 0 Å². The summed E-state index contributed by atoms with van der Waals surface area (Å²) in [5.74, 6) is -0.107. The van der Waals surface area contributed by atoms with Gasteiger partial charge in [-0.05, 0) is 36.2 Å². The van der Waals surface area contributed by atoms with Crippen molar-refractivity contribution in [3.8, 4) is 6.07 Å². The second-order valence-corrected chi connectivity index (χ2v) is 6.79. The van der Waals surface area contributed by atoms with Gasteiger partial charge >= 0.3 is 0 Å². The summed E-state index contributed by atoms with van der Waals surface area (Å²) >= 11 is 13.2. The van der Waals surface area contributed by atoms with Crippen molar-refractivity contribution in [3.05, 3.63) is 50.8 Å². The predicted octanol–water partition coefficient (Wildman–Crippen LogP) is 4.39. The van der Waals surface area contributed by atoms with Crippen LogP contribution in [0.3, 0.4) is 0 Å². The maximum absolute atomic E-state index is 12.0. The summed E-state index contributed by atoms with van der Waals surface area (Å²) in [5, 5.41) is 15.1. The number of hydrogen-bond acceptors (Lipinski definition) is 4. The molecule has 2 aromatic rings. The van der Waals surface area contributed by atoms with Crippen LogP contribution in [0.1, 0.15) is 17.5 Å². The number of hydrogen-bond donors (Lipinski definition) is 1. The Morgan fingerprint density at radius 3 is 2.83 bits per heavy atom. The molecule has 0 aliphatic heterocycles. The molecule has 1 N–H and O–H groups in total. The van der Waals surface area contributed by atoms with Crippen molar-refractivity contribution in [2.45, 2.75) is 13.0 Å². The molecular formula is C16H15Cl2N3OS. The molecule has 0 bridgehead atoms. The van der Waals surface area contributed by atoms with Crippen LogP contribution in [0.2, 0.25) is 10.0 Å². The fourth-order valence-electron chi connectivity index (χ4n) is 2.00. The zero-order chi connectivity index (χ0) is 16.8. The van der Waals surface area contributed by atoms with Crippen molar-refractivity contribution in [2.24, 2.45) is 0 Å². The molecule has 0 aliphatic rings. The molecule has 0 spiro atoms. The number of halogens is 2. The van der Waals surface area contributed by atoms with Gasteiger partial charge in [0, 0.05) is 19.5 Å². The Bertz CT molecular complexity index is 739. The van der Waals surface area contributed by atoms with Gasteiger partial charge in [-0.15, -0.1) is 11.3 Å². The highest BCUT2D eigenvalue weighted by atomic mass is 35.5. The summed E-state index contributed by atoms with van der Waals surface area (Å²) in [6, 6.07) is 9.24. The number of rotatable bonds is 6. The highest BCUT2D eigenvalue weighted by molar-refractivity contribution is 7.14. The molecular weight excluding hydrogens is 353 g/mol. The van der Waals surface area contributed by atoms with Gasteiger partial charge in [0.05, 0.1) is 15.6 Å². The number of benzene rings is 1. The van der Waals surface area contributed by atoms with Crippen molar-refractivity contribution in [1.29, 1.82) is 5.26 Å². The van der Waals surface area contributed by atoms with Gasteiger partial charge in [-0.3, -0.25) is 4.79 Å². The molecule has 2 rings (SSSR count). The van der Waals surface area contributed by atoms with Crippen LogP contribution in [0.15, 0.2) is 29.6 Å². The Morgan fingerprint density at radius 2 is 2.13 bits per heavy atom. The molecule has 1 heterocycles. The quantitative estimate of drug-likeness (QED) is 0.823. The molecule has 23 heavy (non-hydrogen) atoms. The number of carbonyl (C=O) groups is 1. The first kappa shape index (κ1) is 17.8. The van der Waals surface area contributed by atoms with Gasteiger partial charge in [0.25, 0.3) is 0 Å². The van der Waals surface area contributed by atoms with Crippen LogP contribution < -0.4 is 5.32 Å². The van der Waals surface area contributed by atoms with E-state index in [2.05, 4.69) is 11.4 Å². The Labute approximate surface area is 149 Å². The fourth-order valence-corrected chi connectivity index (χ4v) is 3.08. The minimum Gasteiger partial charge on any atom is -0.317 e. The van der Waals surface area contributed by atoms with Gasteiger partial charge in [0.2, 0.25) is 5.91 Å². The lowest BCUT2D eigenvalue weighted by atomic mass is 10.2. The van der Waals surface area contributed by atoms with Crippen molar-refractivity contribution in [3.63, 3.8) is 0 Å². The van der Waals surface area contributed by atoms with E-state index in [1.165, 1.54) is 11.3 Å². The standard InChI is InChI=1S/C16H15Cl2N3OS/c1-21(10-11-2-3-13(17)14(18)8-11)6-4-15(22)20-16-12(9-19)5-7-23-16/h2-3,5,7-8H,4,6,10H2,1H3,(H,20,22). The molecule has 7 heteroatoms. The van der Waals surface area contributed by atoms with Crippen molar-refractivity contribution in [1.82, 2.24) is 4.90 Å². The van der Waals surface area contributed by atoms with Crippen LogP contribution in [0.25, 0.3) is 0 Å². The van der Waals surface area contributed by atoms with Crippen LogP contribution in [0.5, 0.6) is 0 Å². The number of carbonyl (C=O) groups excluding carboxylic acids is 1. The molecule has 120 valence electrons. The number of nitriles is 1. The molecule has 1 aromatic carbocycles. The molecule has 1 amide bonds. The summed E-state index contributed by atoms with van der Waals surface area (Å²) in [4.78, 5) is 14.0. The van der Waals surface area contributed by atoms with E-state index in [4.69, 9.17) is 28.5 Å². The zero-order valence-corrected chi connectivity index (χ0v) is 14.8. The van der Waals surface area contributed by atoms with Gasteiger partial charge in [-0.2, -0.15) is 5.26 Å². The van der Waals surface area contributed by atoms with Crippen molar-refractivity contribution >= 4 is 45.4 Å². The van der Waals surface area contributed by atoms with E-state index in [0.717, 1.165) is 5.56 Å². The van der Waals surface area contributed by atoms with E-state index in [0.29, 0.717) is 40.1 Å². The average molecular weight is 368 g/mol. The fraction of sp³-hybridized carbons (Fsp3) is 0.250. The third-order valence-corrected chi connectivity index (χ3v) is 4.76. The maximum Gasteiger partial charge on any atom is 0.226 e. The van der Waals surface area contributed by atoms with Gasteiger partial charge in [-0.1, -0.05) is 29.3 Å². The number of anilines is 1. The largest absolute Gasteiger partial charge is 0.317 e. The van der Waals surface area contributed by atoms with Crippen molar-refractivity contribution in [2.75, 3.05) is 18.9 Å². The summed E-state index contributed by atoms with van der Waals surface area (Å²) in [7, 11) is 1.93. The van der Waals surface area contributed by atoms with Gasteiger partial charge < -0.3 is 10.2 Å². The monoisotopic (exact) mass is 367 g/mol. The number of amides is 1. The lowest BCUT2D eigenvalue weighted by Gasteiger charge is -2.16. The molecule has 0 radical (unpaired) electrons. The molecule has 1 aromatic heterocycles. The molecule has 0 saturated carbocycles. The summed E-state index contributed by atoms with van der Waals surface area (Å²) in [6.45, 7) is 1.27. The molecule has 0 aliphatic carbocycles. The topological polar surface area (TPSA) is 56.1 Å². The minimum absolute atomic E-state index is 0.107. The minimum atomic E-state index is -0.107. The maximum atomic E-state index is 12.0. The molecule has 4 nitrogen and oxygen atoms in total. The summed E-state index contributed by atoms with van der Waals surface area (Å²) in [6.07, 6.45) is 0.348. The first-order valence-corrected chi connectivity index (χ1v) is 8.53. The van der Waals surface area contributed by atoms with Crippen LogP contribution in [0, 0.1) is 11.3 Å². The number of thiophene rings is 1. The van der Waals surface area contributed by atoms with Gasteiger partial charge in [0.15, 0.2) is 0 Å². The Hall–Kier alpha value is -1.58. The van der Waals surface area contributed by atoms with Crippen LogP contribution in [-0.4, -0.2) is 24.4 Å². The highest BCUT2D eigenvalue weighted by Gasteiger charge is 2.10. The second-order valence-electron chi connectivity index (χ2n) is 5.06. The van der Waals surface area contributed by atoms with E-state index in [1.807, 2.05) is 24.1 Å². The SMILES string of the molecule is CN(CCC(=O)Nc1sccc1C#N)Cc1ccc(Cl)c(Cl)c1. The van der Waals surface area contributed by atoms with E-state index in [9.17, 15) is 4.79 Å². The van der Waals surface area contributed by atoms with E-state index >= 15 is 0 Å². The Morgan fingerprint density at radius 1 is 1.35 bits per heavy atom. The summed E-state index contributed by atoms with van der Waals surface area (Å²) in [5.41, 5.74) is 1.53. The third-order valence-electron chi connectivity index (χ3n) is 3.20. The van der Waals surface area contributed by atoms with E-state index in [-0.39, 0.29) is 5.91 Å². The molecule has 0 unspecified atom stereocenters. The van der Waals surface area contributed by atoms with E-state index in [1.54, 1.807) is 17.5 Å². The highest BCUT2D eigenvalue weighted by Crippen LogP contribution is 2.23. The van der Waals surface area contributed by atoms with Gasteiger partial charge in [-0.25, -0.2) is 0 Å². The predicted molar refractivity (Wildman–Crippen MR) is 95.1 cm³/mol. The van der Waals surface area contributed by atoms with Crippen molar-refractivity contribution < 1.29 is 4.79 Å². The smallest absolute Gasteiger partial charge is 0.226 e. The molecule has 0 fully saturated rings. The Balaban J connectivity index is 1.82. The zero-order valence-electron chi connectivity index (χ0n) is 12.5.